The maximum atomic E-state index is 12.7. The highest BCUT2D eigenvalue weighted by atomic mass is 32.1. The van der Waals surface area contributed by atoms with E-state index in [2.05, 4.69) is 49.1 Å². The van der Waals surface area contributed by atoms with Crippen molar-refractivity contribution in [2.24, 2.45) is 14.1 Å². The minimum Gasteiger partial charge on any atom is -0.354 e. The molecule has 0 aliphatic carbocycles. The molecule has 4 aromatic heterocycles. The van der Waals surface area contributed by atoms with E-state index in [1.54, 1.807) is 0 Å². The Hall–Kier alpha value is -4.16. The molecule has 0 saturated carbocycles. The van der Waals surface area contributed by atoms with Crippen molar-refractivity contribution in [1.29, 1.82) is 0 Å². The minimum absolute atomic E-state index is 0.108. The average molecular weight is 603 g/mol. The summed E-state index contributed by atoms with van der Waals surface area (Å²) in [4.78, 5) is 25.3. The van der Waals surface area contributed by atoms with Gasteiger partial charge in [0.25, 0.3) is 0 Å². The Labute approximate surface area is 252 Å². The molecular weight excluding hydrogens is 569 g/mol. The van der Waals surface area contributed by atoms with Gasteiger partial charge in [-0.05, 0) is 42.0 Å². The highest BCUT2D eigenvalue weighted by molar-refractivity contribution is 7.15. The molecule has 0 spiro atoms. The van der Waals surface area contributed by atoms with E-state index in [9.17, 15) is 9.59 Å². The van der Waals surface area contributed by atoms with Crippen molar-refractivity contribution in [1.82, 2.24) is 29.5 Å². The van der Waals surface area contributed by atoms with Gasteiger partial charge < -0.3 is 19.8 Å². The number of benzene rings is 1. The Morgan fingerprint density at radius 1 is 0.857 bits per heavy atom. The summed E-state index contributed by atoms with van der Waals surface area (Å²) >= 11 is 2.81. The number of hydrogen-bond acceptors (Lipinski definition) is 8. The van der Waals surface area contributed by atoms with Crippen molar-refractivity contribution in [2.45, 2.75) is 51.9 Å². The van der Waals surface area contributed by atoms with Crippen LogP contribution in [-0.2, 0) is 55.8 Å². The molecule has 0 aliphatic heterocycles. The zero-order chi connectivity index (χ0) is 29.6. The number of nitrogens with one attached hydrogen (secondary N) is 2. The fourth-order valence-electron chi connectivity index (χ4n) is 5.19. The molecule has 0 saturated heterocycles. The molecule has 0 aliphatic rings. The maximum absolute atomic E-state index is 12.7. The second kappa shape index (κ2) is 13.2. The number of hydrogen-bond donors (Lipinski definition) is 2. The zero-order valence-electron chi connectivity index (χ0n) is 24.0. The lowest BCUT2D eigenvalue weighted by molar-refractivity contribution is -0.116. The van der Waals surface area contributed by atoms with Crippen LogP contribution in [0.5, 0.6) is 0 Å². The Balaban J connectivity index is 1.04. The predicted octanol–water partition coefficient (Wildman–Crippen LogP) is 5.35. The Kier molecular flexibility index (Phi) is 9.23. The van der Waals surface area contributed by atoms with Crippen LogP contribution in [0.3, 0.4) is 0 Å². The third kappa shape index (κ3) is 6.82. The fraction of sp³-hybridized carbons (Fsp3) is 0.333. The van der Waals surface area contributed by atoms with E-state index in [1.807, 2.05) is 61.4 Å². The highest BCUT2D eigenvalue weighted by Crippen LogP contribution is 2.24. The normalized spacial score (nSPS) is 11.2. The van der Waals surface area contributed by atoms with Crippen LogP contribution in [0, 0.1) is 0 Å². The molecular formula is C30H34N8O2S2. The van der Waals surface area contributed by atoms with Crippen molar-refractivity contribution in [2.75, 3.05) is 10.6 Å². The van der Waals surface area contributed by atoms with Crippen molar-refractivity contribution in [3.05, 3.63) is 75.6 Å². The first-order chi connectivity index (χ1) is 20.3. The minimum atomic E-state index is -0.120. The van der Waals surface area contributed by atoms with Gasteiger partial charge in [-0.2, -0.15) is 0 Å². The molecule has 0 atom stereocenters. The number of anilines is 2. The molecule has 42 heavy (non-hydrogen) atoms. The van der Waals surface area contributed by atoms with Gasteiger partial charge >= 0.3 is 0 Å². The van der Waals surface area contributed by atoms with Crippen molar-refractivity contribution >= 4 is 61.7 Å². The van der Waals surface area contributed by atoms with E-state index in [4.69, 9.17) is 0 Å². The zero-order valence-corrected chi connectivity index (χ0v) is 25.6. The summed E-state index contributed by atoms with van der Waals surface area (Å²) in [5, 5.41) is 26.4. The molecule has 0 unspecified atom stereocenters. The first-order valence-corrected chi connectivity index (χ1v) is 15.5. The monoisotopic (exact) mass is 602 g/mol. The summed E-state index contributed by atoms with van der Waals surface area (Å²) in [6, 6.07) is 8.06. The van der Waals surface area contributed by atoms with Gasteiger partial charge in [0.15, 0.2) is 0 Å². The van der Waals surface area contributed by atoms with E-state index in [0.29, 0.717) is 10.3 Å². The molecule has 1 aromatic carbocycles. The molecule has 12 heteroatoms. The van der Waals surface area contributed by atoms with Gasteiger partial charge in [0, 0.05) is 55.9 Å². The summed E-state index contributed by atoms with van der Waals surface area (Å²) in [5.41, 5.74) is 5.23. The van der Waals surface area contributed by atoms with Crippen LogP contribution in [0.2, 0.25) is 0 Å². The van der Waals surface area contributed by atoms with E-state index in [1.165, 1.54) is 22.7 Å². The summed E-state index contributed by atoms with van der Waals surface area (Å²) in [6.45, 7) is 6.00. The van der Waals surface area contributed by atoms with Crippen LogP contribution >= 0.6 is 22.7 Å². The van der Waals surface area contributed by atoms with Crippen molar-refractivity contribution in [3.8, 4) is 0 Å². The van der Waals surface area contributed by atoms with Gasteiger partial charge in [-0.3, -0.25) is 9.59 Å². The first kappa shape index (κ1) is 29.3. The third-order valence-electron chi connectivity index (χ3n) is 7.11. The lowest BCUT2D eigenvalue weighted by atomic mass is 10.1. The number of nitrogens with zero attached hydrogens (tertiary/aromatic N) is 6. The van der Waals surface area contributed by atoms with Crippen LogP contribution in [0.1, 0.15) is 52.2 Å². The number of unbranched alkanes of at least 4 members (excludes halogenated alkanes) is 1. The number of carbonyl (C=O) groups is 2. The van der Waals surface area contributed by atoms with Gasteiger partial charge in [-0.25, -0.2) is 0 Å². The fourth-order valence-corrected chi connectivity index (χ4v) is 6.78. The van der Waals surface area contributed by atoms with E-state index < -0.39 is 0 Å². The average Bonchev–Trinajstić information content (AvgIpc) is 3.74. The molecule has 218 valence electrons. The summed E-state index contributed by atoms with van der Waals surface area (Å²) in [5.74, 6) is -0.228. The second-order valence-corrected chi connectivity index (χ2v) is 12.2. The molecule has 0 fully saturated rings. The van der Waals surface area contributed by atoms with E-state index in [0.717, 1.165) is 75.4 Å². The van der Waals surface area contributed by atoms with Gasteiger partial charge in [0.1, 0.15) is 10.0 Å². The lowest BCUT2D eigenvalue weighted by Crippen LogP contribution is -2.14. The molecule has 4 heterocycles. The molecule has 0 bridgehead atoms. The van der Waals surface area contributed by atoms with Crippen molar-refractivity contribution in [3.63, 3.8) is 0 Å². The topological polar surface area (TPSA) is 120 Å². The van der Waals surface area contributed by atoms with Crippen LogP contribution in [0.15, 0.2) is 43.2 Å². The SMILES string of the molecule is C=Cc1c(CC(=O)Nc2nnc(CCCCc3nnc(NC(=O)Cc4cn(C)c5ccccc45)s3)s2)cn(C)c1CC. The molecule has 2 amide bonds. The van der Waals surface area contributed by atoms with Crippen LogP contribution in [0.25, 0.3) is 17.0 Å². The number of fused-ring (bicyclic) bond motifs is 1. The largest absolute Gasteiger partial charge is 0.354 e. The predicted molar refractivity (Wildman–Crippen MR) is 169 cm³/mol. The molecule has 5 rings (SSSR count). The lowest BCUT2D eigenvalue weighted by Gasteiger charge is -2.02. The van der Waals surface area contributed by atoms with Gasteiger partial charge in [-0.15, -0.1) is 20.4 Å². The van der Waals surface area contributed by atoms with Crippen LogP contribution in [-0.4, -0.2) is 41.3 Å². The number of aromatic nitrogens is 6. The number of rotatable bonds is 13. The molecule has 10 nitrogen and oxygen atoms in total. The van der Waals surface area contributed by atoms with E-state index >= 15 is 0 Å². The van der Waals surface area contributed by atoms with Gasteiger partial charge in [0.05, 0.1) is 12.8 Å². The van der Waals surface area contributed by atoms with Gasteiger partial charge in [0.2, 0.25) is 22.1 Å². The van der Waals surface area contributed by atoms with Crippen LogP contribution in [0.4, 0.5) is 10.3 Å². The number of aryl methyl sites for hydroxylation is 4. The quantitative estimate of drug-likeness (QED) is 0.175. The standard InChI is InChI=1S/C30H34N8O2S2/c1-5-21-19(17-37(3)23(21)6-2)15-25(39)31-29-35-33-27(41-29)13-9-10-14-28-34-36-30(42-28)32-26(40)16-20-18-38(4)24-12-8-7-11-22(20)24/h5,7-8,11-12,17-18H,1,6,9-10,13-16H2,2-4H3,(H,31,35,39)(H,32,36,40). The van der Waals surface area contributed by atoms with Crippen molar-refractivity contribution < 1.29 is 9.59 Å². The smallest absolute Gasteiger partial charge is 0.230 e. The molecule has 2 N–H and O–H groups in total. The number of para-hydroxylation sites is 1. The molecule has 5 aromatic rings. The Bertz CT molecular complexity index is 1730. The summed E-state index contributed by atoms with van der Waals surface area (Å²) in [7, 11) is 3.97. The third-order valence-corrected chi connectivity index (χ3v) is 8.91. The molecule has 0 radical (unpaired) electrons. The Morgan fingerprint density at radius 3 is 2.02 bits per heavy atom. The number of carbonyl (C=O) groups excluding carboxylic acids is 2. The maximum Gasteiger partial charge on any atom is 0.230 e. The summed E-state index contributed by atoms with van der Waals surface area (Å²) in [6.07, 6.45) is 10.6. The number of amides is 2. The summed E-state index contributed by atoms with van der Waals surface area (Å²) < 4.78 is 4.08. The first-order valence-electron chi connectivity index (χ1n) is 13.9. The van der Waals surface area contributed by atoms with Gasteiger partial charge in [-0.1, -0.05) is 60.5 Å². The highest BCUT2D eigenvalue weighted by Gasteiger charge is 2.16. The second-order valence-electron chi connectivity index (χ2n) is 10.1. The Morgan fingerprint density at radius 2 is 1.43 bits per heavy atom. The van der Waals surface area contributed by atoms with E-state index in [-0.39, 0.29) is 24.7 Å². The van der Waals surface area contributed by atoms with Crippen LogP contribution < -0.4 is 10.6 Å².